The zero-order valence-corrected chi connectivity index (χ0v) is 13.6. The van der Waals surface area contributed by atoms with E-state index >= 15 is 0 Å². The van der Waals surface area contributed by atoms with Gasteiger partial charge in [-0.3, -0.25) is 14.5 Å². The number of hydrogen-bond acceptors (Lipinski definition) is 3. The SMILES string of the molecule is CN(C)C1(C(=O)NC2C3CC4CC2CC(C(N)=O)(C4)C3)CC1. The van der Waals surface area contributed by atoms with Crippen LogP contribution in [0.15, 0.2) is 0 Å². The molecule has 2 amide bonds. The summed E-state index contributed by atoms with van der Waals surface area (Å²) < 4.78 is 0. The minimum atomic E-state index is -0.268. The van der Waals surface area contributed by atoms with Gasteiger partial charge in [0.25, 0.3) is 0 Å². The van der Waals surface area contributed by atoms with Crippen molar-refractivity contribution in [1.82, 2.24) is 10.2 Å². The molecule has 5 heteroatoms. The van der Waals surface area contributed by atoms with Gasteiger partial charge in [-0.2, -0.15) is 0 Å². The van der Waals surface area contributed by atoms with Crippen LogP contribution in [0.5, 0.6) is 0 Å². The topological polar surface area (TPSA) is 75.4 Å². The van der Waals surface area contributed by atoms with Gasteiger partial charge in [0.2, 0.25) is 11.8 Å². The smallest absolute Gasteiger partial charge is 0.240 e. The molecule has 4 bridgehead atoms. The first kappa shape index (κ1) is 14.5. The molecule has 5 aliphatic carbocycles. The van der Waals surface area contributed by atoms with Crippen molar-refractivity contribution in [3.05, 3.63) is 0 Å². The summed E-state index contributed by atoms with van der Waals surface area (Å²) in [5, 5.41) is 3.37. The Morgan fingerprint density at radius 1 is 1.09 bits per heavy atom. The third kappa shape index (κ3) is 1.87. The number of rotatable bonds is 4. The highest BCUT2D eigenvalue weighted by molar-refractivity contribution is 5.89. The lowest BCUT2D eigenvalue weighted by Crippen LogP contribution is -2.63. The van der Waals surface area contributed by atoms with Gasteiger partial charge < -0.3 is 11.1 Å². The summed E-state index contributed by atoms with van der Waals surface area (Å²) in [6.45, 7) is 0. The summed E-state index contributed by atoms with van der Waals surface area (Å²) in [6.07, 6.45) is 6.99. The molecular weight excluding hydrogens is 278 g/mol. The van der Waals surface area contributed by atoms with Crippen LogP contribution in [0.2, 0.25) is 0 Å². The Hall–Kier alpha value is -1.10. The average Bonchev–Trinajstić information content (AvgIpc) is 3.23. The predicted molar refractivity (Wildman–Crippen MR) is 82.8 cm³/mol. The predicted octanol–water partition coefficient (Wildman–Crippen LogP) is 0.877. The fourth-order valence-corrected chi connectivity index (χ4v) is 5.84. The van der Waals surface area contributed by atoms with Crippen molar-refractivity contribution in [3.63, 3.8) is 0 Å². The number of carbonyl (C=O) groups is 2. The molecule has 0 aromatic heterocycles. The summed E-state index contributed by atoms with van der Waals surface area (Å²) in [7, 11) is 3.98. The third-order valence-electron chi connectivity index (χ3n) is 7.10. The maximum Gasteiger partial charge on any atom is 0.240 e. The standard InChI is InChI=1S/C17H27N3O2/c1-20(2)17(3-4-17)15(22)19-13-11-5-10-6-12(13)9-16(7-10,8-11)14(18)21/h10-13H,3-9H2,1-2H3,(H2,18,21)(H,19,22). The zero-order valence-electron chi connectivity index (χ0n) is 13.6. The lowest BCUT2D eigenvalue weighted by atomic mass is 9.47. The molecule has 2 unspecified atom stereocenters. The second kappa shape index (κ2) is 4.47. The fraction of sp³-hybridized carbons (Fsp3) is 0.882. The summed E-state index contributed by atoms with van der Waals surface area (Å²) >= 11 is 0. The first-order chi connectivity index (χ1) is 10.4. The van der Waals surface area contributed by atoms with Crippen molar-refractivity contribution in [2.75, 3.05) is 14.1 Å². The van der Waals surface area contributed by atoms with Gasteiger partial charge in [-0.1, -0.05) is 0 Å². The van der Waals surface area contributed by atoms with E-state index < -0.39 is 0 Å². The largest absolute Gasteiger partial charge is 0.369 e. The number of likely N-dealkylation sites (N-methyl/N-ethyl adjacent to an activating group) is 1. The number of hydrogen-bond donors (Lipinski definition) is 2. The van der Waals surface area contributed by atoms with Crippen molar-refractivity contribution >= 4 is 11.8 Å². The van der Waals surface area contributed by atoms with E-state index in [4.69, 9.17) is 5.73 Å². The van der Waals surface area contributed by atoms with Gasteiger partial charge in [-0.25, -0.2) is 0 Å². The summed E-state index contributed by atoms with van der Waals surface area (Å²) in [5.41, 5.74) is 5.19. The van der Waals surface area contributed by atoms with Crippen LogP contribution >= 0.6 is 0 Å². The van der Waals surface area contributed by atoms with Crippen molar-refractivity contribution in [3.8, 4) is 0 Å². The number of nitrogens with two attached hydrogens (primary N) is 1. The molecule has 5 fully saturated rings. The van der Waals surface area contributed by atoms with E-state index in [1.54, 1.807) is 0 Å². The van der Waals surface area contributed by atoms with Gasteiger partial charge in [-0.15, -0.1) is 0 Å². The Morgan fingerprint density at radius 2 is 1.68 bits per heavy atom. The summed E-state index contributed by atoms with van der Waals surface area (Å²) in [4.78, 5) is 26.8. The van der Waals surface area contributed by atoms with E-state index in [2.05, 4.69) is 10.2 Å². The molecule has 0 radical (unpaired) electrons. The van der Waals surface area contributed by atoms with E-state index in [9.17, 15) is 9.59 Å². The van der Waals surface area contributed by atoms with Gasteiger partial charge in [-0.05, 0) is 76.8 Å². The molecular formula is C17H27N3O2. The van der Waals surface area contributed by atoms with E-state index in [1.165, 1.54) is 0 Å². The van der Waals surface area contributed by atoms with E-state index in [0.29, 0.717) is 17.8 Å². The second-order valence-electron chi connectivity index (χ2n) is 8.54. The molecule has 2 atom stereocenters. The van der Waals surface area contributed by atoms with E-state index in [0.717, 1.165) is 44.9 Å². The van der Waals surface area contributed by atoms with Gasteiger partial charge in [0, 0.05) is 11.5 Å². The van der Waals surface area contributed by atoms with Crippen LogP contribution in [0, 0.1) is 23.2 Å². The minimum Gasteiger partial charge on any atom is -0.369 e. The Kier molecular flexibility index (Phi) is 2.94. The first-order valence-electron chi connectivity index (χ1n) is 8.65. The Balaban J connectivity index is 1.51. The fourth-order valence-electron chi connectivity index (χ4n) is 5.84. The molecule has 0 saturated heterocycles. The Labute approximate surface area is 132 Å². The summed E-state index contributed by atoms with van der Waals surface area (Å²) in [5.74, 6) is 1.62. The normalized spacial score (nSPS) is 44.1. The van der Waals surface area contributed by atoms with Crippen molar-refractivity contribution in [2.45, 2.75) is 56.5 Å². The molecule has 5 saturated carbocycles. The first-order valence-corrected chi connectivity index (χ1v) is 8.65. The van der Waals surface area contributed by atoms with Crippen LogP contribution in [0.25, 0.3) is 0 Å². The summed E-state index contributed by atoms with van der Waals surface area (Å²) in [6, 6.07) is 0.258. The van der Waals surface area contributed by atoms with Gasteiger partial charge in [0.1, 0.15) is 0 Å². The average molecular weight is 305 g/mol. The molecule has 0 aliphatic heterocycles. The van der Waals surface area contributed by atoms with Crippen LogP contribution in [-0.4, -0.2) is 42.4 Å². The van der Waals surface area contributed by atoms with Crippen molar-refractivity contribution in [1.29, 1.82) is 0 Å². The monoisotopic (exact) mass is 305 g/mol. The Morgan fingerprint density at radius 3 is 2.14 bits per heavy atom. The Bertz CT molecular complexity index is 510. The van der Waals surface area contributed by atoms with Gasteiger partial charge >= 0.3 is 0 Å². The number of primary amides is 1. The molecule has 5 nitrogen and oxygen atoms in total. The van der Waals surface area contributed by atoms with Crippen LogP contribution in [-0.2, 0) is 9.59 Å². The number of nitrogens with zero attached hydrogens (tertiary/aromatic N) is 1. The molecule has 122 valence electrons. The van der Waals surface area contributed by atoms with E-state index in [-0.39, 0.29) is 28.8 Å². The molecule has 0 aromatic rings. The molecule has 0 aromatic carbocycles. The van der Waals surface area contributed by atoms with Crippen LogP contribution in [0.3, 0.4) is 0 Å². The van der Waals surface area contributed by atoms with Crippen LogP contribution in [0.1, 0.15) is 44.9 Å². The molecule has 5 aliphatic rings. The number of carbonyl (C=O) groups excluding carboxylic acids is 2. The highest BCUT2D eigenvalue weighted by Gasteiger charge is 2.59. The third-order valence-corrected chi connectivity index (χ3v) is 7.10. The van der Waals surface area contributed by atoms with Gasteiger partial charge in [0.15, 0.2) is 0 Å². The van der Waals surface area contributed by atoms with Crippen LogP contribution in [0.4, 0.5) is 0 Å². The second-order valence-corrected chi connectivity index (χ2v) is 8.54. The van der Waals surface area contributed by atoms with E-state index in [1.807, 2.05) is 14.1 Å². The highest BCUT2D eigenvalue weighted by atomic mass is 16.2. The molecule has 5 rings (SSSR count). The van der Waals surface area contributed by atoms with Gasteiger partial charge in [0.05, 0.1) is 5.54 Å². The van der Waals surface area contributed by atoms with Crippen molar-refractivity contribution < 1.29 is 9.59 Å². The number of amides is 2. The maximum absolute atomic E-state index is 12.7. The minimum absolute atomic E-state index is 0.108. The zero-order chi connectivity index (χ0) is 15.7. The molecule has 0 heterocycles. The number of nitrogens with one attached hydrogen (secondary N) is 1. The molecule has 3 N–H and O–H groups in total. The highest BCUT2D eigenvalue weighted by Crippen LogP contribution is 2.60. The maximum atomic E-state index is 12.7. The molecule has 0 spiro atoms. The van der Waals surface area contributed by atoms with Crippen LogP contribution < -0.4 is 11.1 Å². The lowest BCUT2D eigenvalue weighted by Gasteiger charge is -2.59. The van der Waals surface area contributed by atoms with Crippen molar-refractivity contribution in [2.24, 2.45) is 28.9 Å². The quantitative estimate of drug-likeness (QED) is 0.809. The lowest BCUT2D eigenvalue weighted by molar-refractivity contribution is -0.148. The molecule has 22 heavy (non-hydrogen) atoms.